The van der Waals surface area contributed by atoms with E-state index in [4.69, 9.17) is 0 Å². The molecule has 0 saturated carbocycles. The molecule has 3 nitrogen and oxygen atoms in total. The molecule has 0 bridgehead atoms. The van der Waals surface area contributed by atoms with Gasteiger partial charge in [0, 0.05) is 22.6 Å². The topological polar surface area (TPSA) is 37.4 Å². The van der Waals surface area contributed by atoms with Crippen molar-refractivity contribution in [2.24, 2.45) is 0 Å². The monoisotopic (exact) mass is 451 g/mol. The fourth-order valence-electron chi connectivity index (χ4n) is 3.62. The average Bonchev–Trinajstić information content (AvgIpc) is 2.81. The highest BCUT2D eigenvalue weighted by Crippen LogP contribution is 2.35. The predicted molar refractivity (Wildman–Crippen MR) is 136 cm³/mol. The number of hydrogen-bond donors (Lipinski definition) is 0. The third-order valence-corrected chi connectivity index (χ3v) is 6.76. The zero-order chi connectivity index (χ0) is 23.3. The maximum absolute atomic E-state index is 12.4. The predicted octanol–water partition coefficient (Wildman–Crippen LogP) is 6.60. The first kappa shape index (κ1) is 22.4. The van der Waals surface area contributed by atoms with Gasteiger partial charge in [0.1, 0.15) is 5.75 Å². The minimum Gasteiger partial charge on any atom is -0.310 e. The highest BCUT2D eigenvalue weighted by Gasteiger charge is 2.13. The molecule has 0 radical (unpaired) electrons. The second kappa shape index (κ2) is 9.77. The maximum atomic E-state index is 12.4. The molecule has 0 N–H and O–H groups in total. The van der Waals surface area contributed by atoms with Crippen molar-refractivity contribution in [3.8, 4) is 11.8 Å². The van der Waals surface area contributed by atoms with E-state index in [9.17, 15) is 8.42 Å². The summed E-state index contributed by atoms with van der Waals surface area (Å²) in [6.45, 7) is 4.17. The Morgan fingerprint density at radius 1 is 0.667 bits per heavy atom. The van der Waals surface area contributed by atoms with Crippen LogP contribution in [0.1, 0.15) is 16.7 Å². The van der Waals surface area contributed by atoms with Crippen LogP contribution in [0.5, 0.6) is 0 Å². The van der Waals surface area contributed by atoms with Gasteiger partial charge in [0.15, 0.2) is 9.84 Å². The van der Waals surface area contributed by atoms with Crippen molar-refractivity contribution in [1.82, 2.24) is 0 Å². The van der Waals surface area contributed by atoms with Crippen LogP contribution in [0, 0.1) is 25.7 Å². The van der Waals surface area contributed by atoms with Crippen LogP contribution in [0.3, 0.4) is 0 Å². The number of anilines is 3. The minimum atomic E-state index is -3.41. The molecule has 4 heteroatoms. The second-order valence-electron chi connectivity index (χ2n) is 7.93. The summed E-state index contributed by atoms with van der Waals surface area (Å²) in [6.07, 6.45) is 0. The lowest BCUT2D eigenvalue weighted by molar-refractivity contribution is 0.599. The third-order valence-electron chi connectivity index (χ3n) is 5.24. The van der Waals surface area contributed by atoms with Crippen molar-refractivity contribution in [2.75, 3.05) is 10.7 Å². The molecular formula is C29H25NO2S. The fraction of sp³-hybridized carbons (Fsp3) is 0.103. The molecule has 164 valence electrons. The molecule has 0 aliphatic rings. The van der Waals surface area contributed by atoms with Gasteiger partial charge in [-0.2, -0.15) is 0 Å². The van der Waals surface area contributed by atoms with Gasteiger partial charge in [-0.05, 0) is 85.6 Å². The van der Waals surface area contributed by atoms with Crippen molar-refractivity contribution in [2.45, 2.75) is 18.7 Å². The van der Waals surface area contributed by atoms with Crippen LogP contribution in [-0.2, 0) is 9.84 Å². The standard InChI is InChI=1S/C29H25NO2S/c1-23-9-6-12-27(21-23)30(28-13-7-10-24(2)22-28)26-18-16-25(17-19-26)11-8-20-33(31,32)29-14-4-3-5-15-29/h3-7,9-10,12-19,21-22H,20H2,1-2H3. The molecule has 0 fully saturated rings. The number of sulfone groups is 1. The molecule has 0 aliphatic heterocycles. The Morgan fingerprint density at radius 3 is 1.79 bits per heavy atom. The molecular weight excluding hydrogens is 426 g/mol. The molecule has 4 aromatic carbocycles. The Morgan fingerprint density at radius 2 is 1.24 bits per heavy atom. The highest BCUT2D eigenvalue weighted by molar-refractivity contribution is 7.91. The second-order valence-corrected chi connectivity index (χ2v) is 9.92. The Balaban J connectivity index is 1.61. The number of rotatable bonds is 5. The molecule has 0 aromatic heterocycles. The van der Waals surface area contributed by atoms with Crippen LogP contribution >= 0.6 is 0 Å². The van der Waals surface area contributed by atoms with Gasteiger partial charge in [0.25, 0.3) is 0 Å². The van der Waals surface area contributed by atoms with Crippen LogP contribution < -0.4 is 4.90 Å². The van der Waals surface area contributed by atoms with E-state index in [0.29, 0.717) is 4.90 Å². The summed E-state index contributed by atoms with van der Waals surface area (Å²) in [5.41, 5.74) is 6.31. The smallest absolute Gasteiger partial charge is 0.189 e. The first-order valence-corrected chi connectivity index (χ1v) is 12.4. The molecule has 0 spiro atoms. The summed E-state index contributed by atoms with van der Waals surface area (Å²) < 4.78 is 24.9. The Kier molecular flexibility index (Phi) is 6.63. The SMILES string of the molecule is Cc1cccc(N(c2ccc(C#CCS(=O)(=O)c3ccccc3)cc2)c2cccc(C)c2)c1. The van der Waals surface area contributed by atoms with Crippen molar-refractivity contribution in [3.63, 3.8) is 0 Å². The summed E-state index contributed by atoms with van der Waals surface area (Å²) in [5.74, 6) is 5.59. The van der Waals surface area contributed by atoms with Gasteiger partial charge >= 0.3 is 0 Å². The van der Waals surface area contributed by atoms with Gasteiger partial charge < -0.3 is 4.90 Å². The van der Waals surface area contributed by atoms with Crippen LogP contribution in [-0.4, -0.2) is 14.2 Å². The summed E-state index contributed by atoms with van der Waals surface area (Å²) in [7, 11) is -3.41. The van der Waals surface area contributed by atoms with E-state index in [2.05, 4.69) is 79.1 Å². The van der Waals surface area contributed by atoms with Crippen molar-refractivity contribution in [1.29, 1.82) is 0 Å². The molecule has 0 saturated heterocycles. The first-order valence-electron chi connectivity index (χ1n) is 10.7. The molecule has 0 aliphatic carbocycles. The van der Waals surface area contributed by atoms with Gasteiger partial charge in [-0.3, -0.25) is 0 Å². The van der Waals surface area contributed by atoms with Crippen molar-refractivity contribution in [3.05, 3.63) is 120 Å². The van der Waals surface area contributed by atoms with Gasteiger partial charge in [-0.15, -0.1) is 0 Å². The number of aryl methyl sites for hydroxylation is 2. The molecule has 0 atom stereocenters. The van der Waals surface area contributed by atoms with Gasteiger partial charge in [0.2, 0.25) is 0 Å². The van der Waals surface area contributed by atoms with E-state index in [1.807, 2.05) is 24.3 Å². The average molecular weight is 452 g/mol. The Hall–Kier alpha value is -3.81. The third kappa shape index (κ3) is 5.52. The van der Waals surface area contributed by atoms with E-state index in [1.165, 1.54) is 11.1 Å². The number of nitrogens with zero attached hydrogens (tertiary/aromatic N) is 1. The molecule has 4 rings (SSSR count). The van der Waals surface area contributed by atoms with Crippen LogP contribution in [0.25, 0.3) is 0 Å². The van der Waals surface area contributed by atoms with Crippen LogP contribution in [0.4, 0.5) is 17.1 Å². The Bertz CT molecular complexity index is 1370. The highest BCUT2D eigenvalue weighted by atomic mass is 32.2. The fourth-order valence-corrected chi connectivity index (χ4v) is 4.62. The van der Waals surface area contributed by atoms with Crippen LogP contribution in [0.2, 0.25) is 0 Å². The summed E-state index contributed by atoms with van der Waals surface area (Å²) in [5, 5.41) is 0. The molecule has 4 aromatic rings. The van der Waals surface area contributed by atoms with Crippen LogP contribution in [0.15, 0.2) is 108 Å². The van der Waals surface area contributed by atoms with Gasteiger partial charge in [-0.1, -0.05) is 54.3 Å². The molecule has 0 heterocycles. The number of benzene rings is 4. The summed E-state index contributed by atoms with van der Waals surface area (Å²) >= 11 is 0. The molecule has 0 amide bonds. The Labute approximate surface area is 196 Å². The molecule has 0 unspecified atom stereocenters. The molecule has 33 heavy (non-hydrogen) atoms. The zero-order valence-corrected chi connectivity index (χ0v) is 19.5. The summed E-state index contributed by atoms with van der Waals surface area (Å²) in [4.78, 5) is 2.50. The summed E-state index contributed by atoms with van der Waals surface area (Å²) in [6, 6.07) is 33.1. The lowest BCUT2D eigenvalue weighted by atomic mass is 10.1. The zero-order valence-electron chi connectivity index (χ0n) is 18.7. The van der Waals surface area contributed by atoms with E-state index < -0.39 is 9.84 Å². The lowest BCUT2D eigenvalue weighted by Crippen LogP contribution is -2.10. The van der Waals surface area contributed by atoms with Crippen molar-refractivity contribution < 1.29 is 8.42 Å². The van der Waals surface area contributed by atoms with E-state index in [1.54, 1.807) is 30.3 Å². The van der Waals surface area contributed by atoms with Crippen molar-refractivity contribution >= 4 is 26.9 Å². The lowest BCUT2D eigenvalue weighted by Gasteiger charge is -2.26. The first-order chi connectivity index (χ1) is 15.9. The van der Waals surface area contributed by atoms with Gasteiger partial charge in [0.05, 0.1) is 4.90 Å². The number of hydrogen-bond acceptors (Lipinski definition) is 3. The van der Waals surface area contributed by atoms with E-state index >= 15 is 0 Å². The van der Waals surface area contributed by atoms with Gasteiger partial charge in [-0.25, -0.2) is 8.42 Å². The quantitative estimate of drug-likeness (QED) is 0.321. The minimum absolute atomic E-state index is 0.211. The largest absolute Gasteiger partial charge is 0.310 e. The normalized spacial score (nSPS) is 10.8. The van der Waals surface area contributed by atoms with E-state index in [-0.39, 0.29) is 5.75 Å². The van der Waals surface area contributed by atoms with E-state index in [0.717, 1.165) is 22.6 Å². The maximum Gasteiger partial charge on any atom is 0.189 e.